The fourth-order valence-electron chi connectivity index (χ4n) is 4.17. The van der Waals surface area contributed by atoms with E-state index in [0.717, 1.165) is 34.6 Å². The molecule has 0 aliphatic heterocycles. The van der Waals surface area contributed by atoms with Crippen LogP contribution in [-0.4, -0.2) is 22.9 Å². The van der Waals surface area contributed by atoms with E-state index in [1.54, 1.807) is 6.92 Å². The Hall–Kier alpha value is -2.23. The lowest BCUT2D eigenvalue weighted by Gasteiger charge is -2.33. The number of carbonyl (C=O) groups excluding carboxylic acids is 3. The van der Waals surface area contributed by atoms with Gasteiger partial charge in [-0.15, -0.1) is 0 Å². The van der Waals surface area contributed by atoms with Crippen molar-refractivity contribution < 1.29 is 14.4 Å². The fourth-order valence-corrected chi connectivity index (χ4v) is 4.17. The van der Waals surface area contributed by atoms with Crippen molar-refractivity contribution in [1.29, 1.82) is 0 Å². The summed E-state index contributed by atoms with van der Waals surface area (Å²) in [6.45, 7) is 5.67. The molecule has 1 unspecified atom stereocenters. The first-order chi connectivity index (χ1) is 11.5. The van der Waals surface area contributed by atoms with E-state index >= 15 is 0 Å². The van der Waals surface area contributed by atoms with Gasteiger partial charge in [-0.1, -0.05) is 19.1 Å². The van der Waals surface area contributed by atoms with E-state index in [9.17, 15) is 14.4 Å². The zero-order valence-electron chi connectivity index (χ0n) is 14.4. The maximum Gasteiger partial charge on any atom is 0.130 e. The number of hydrogen-bond donors (Lipinski definition) is 0. The van der Waals surface area contributed by atoms with Crippen LogP contribution in [0, 0.1) is 5.92 Å². The Morgan fingerprint density at radius 1 is 1.29 bits per heavy atom. The van der Waals surface area contributed by atoms with Crippen molar-refractivity contribution in [2.24, 2.45) is 5.92 Å². The molecule has 1 aliphatic rings. The molecule has 3 rings (SSSR count). The van der Waals surface area contributed by atoms with Crippen LogP contribution in [0.15, 0.2) is 24.4 Å². The van der Waals surface area contributed by atoms with E-state index in [1.165, 1.54) is 0 Å². The number of Topliss-reactive ketones (excluding diaryl/α,β-unsaturated/α-hetero) is 1. The molecule has 0 saturated heterocycles. The minimum Gasteiger partial charge on any atom is -0.344 e. The van der Waals surface area contributed by atoms with Crippen molar-refractivity contribution >= 4 is 29.3 Å². The summed E-state index contributed by atoms with van der Waals surface area (Å²) in [6, 6.07) is 6.15. The monoisotopic (exact) mass is 325 g/mol. The summed E-state index contributed by atoms with van der Waals surface area (Å²) in [5.41, 5.74) is 3.32. The van der Waals surface area contributed by atoms with E-state index in [4.69, 9.17) is 0 Å². The van der Waals surface area contributed by atoms with Crippen molar-refractivity contribution in [3.63, 3.8) is 0 Å². The largest absolute Gasteiger partial charge is 0.344 e. The molecule has 2 aromatic rings. The molecule has 0 amide bonds. The molecule has 0 N–H and O–H groups in total. The molecule has 0 bridgehead atoms. The fraction of sp³-hybridized carbons (Fsp3) is 0.450. The highest BCUT2D eigenvalue weighted by Crippen LogP contribution is 2.48. The van der Waals surface area contributed by atoms with Gasteiger partial charge in [-0.05, 0) is 37.0 Å². The Bertz CT molecular complexity index is 805. The van der Waals surface area contributed by atoms with Gasteiger partial charge in [0.2, 0.25) is 0 Å². The third-order valence-electron chi connectivity index (χ3n) is 5.43. The van der Waals surface area contributed by atoms with Gasteiger partial charge < -0.3 is 19.0 Å². The predicted molar refractivity (Wildman–Crippen MR) is 93.3 cm³/mol. The van der Waals surface area contributed by atoms with Gasteiger partial charge in [0.25, 0.3) is 0 Å². The minimum atomic E-state index is -0.191. The SMILES string of the molecule is CC(=O)C[C@H]1c2cccc3c2c(cn3C(C)CC=O)[C@@H](C)[C@@H]1C=O. The molecule has 1 heterocycles. The zero-order chi connectivity index (χ0) is 17.4. The quantitative estimate of drug-likeness (QED) is 0.759. The molecule has 1 aliphatic carbocycles. The smallest absolute Gasteiger partial charge is 0.130 e. The second-order valence-corrected chi connectivity index (χ2v) is 7.00. The lowest BCUT2D eigenvalue weighted by Crippen LogP contribution is -2.26. The van der Waals surface area contributed by atoms with E-state index in [2.05, 4.69) is 23.8 Å². The summed E-state index contributed by atoms with van der Waals surface area (Å²) < 4.78 is 2.14. The van der Waals surface area contributed by atoms with Crippen molar-refractivity contribution in [1.82, 2.24) is 4.57 Å². The van der Waals surface area contributed by atoms with Crippen LogP contribution in [0.1, 0.15) is 62.6 Å². The molecule has 4 nitrogen and oxygen atoms in total. The number of hydrogen-bond acceptors (Lipinski definition) is 3. The second kappa shape index (κ2) is 6.34. The number of aromatic nitrogens is 1. The van der Waals surface area contributed by atoms with Crippen molar-refractivity contribution in [2.45, 2.75) is 51.5 Å². The summed E-state index contributed by atoms with van der Waals surface area (Å²) in [5, 5.41) is 1.16. The molecule has 0 saturated carbocycles. The zero-order valence-corrected chi connectivity index (χ0v) is 14.4. The lowest BCUT2D eigenvalue weighted by atomic mass is 9.69. The van der Waals surface area contributed by atoms with Gasteiger partial charge in [0.15, 0.2) is 0 Å². The summed E-state index contributed by atoms with van der Waals surface area (Å²) >= 11 is 0. The van der Waals surface area contributed by atoms with Gasteiger partial charge in [-0.25, -0.2) is 0 Å². The number of benzene rings is 1. The van der Waals surface area contributed by atoms with Crippen LogP contribution in [0.2, 0.25) is 0 Å². The summed E-state index contributed by atoms with van der Waals surface area (Å²) in [6.07, 6.45) is 4.88. The summed E-state index contributed by atoms with van der Waals surface area (Å²) in [7, 11) is 0. The first-order valence-electron chi connectivity index (χ1n) is 8.51. The number of aldehydes is 2. The van der Waals surface area contributed by atoms with Crippen LogP contribution in [-0.2, 0) is 14.4 Å². The van der Waals surface area contributed by atoms with Gasteiger partial charge >= 0.3 is 0 Å². The standard InChI is InChI=1S/C20H23NO3/c1-12(7-8-22)21-10-17-14(3)18(11-23)16(9-13(2)24)15-5-4-6-19(21)20(15)17/h4-6,8,10-12,14,16,18H,7,9H2,1-3H3/t12?,14-,16+,18+/m1/s1. The second-order valence-electron chi connectivity index (χ2n) is 7.00. The van der Waals surface area contributed by atoms with E-state index in [1.807, 2.05) is 19.1 Å². The van der Waals surface area contributed by atoms with E-state index in [-0.39, 0.29) is 29.6 Å². The summed E-state index contributed by atoms with van der Waals surface area (Å²) in [5.74, 6) is -0.0881. The first-order valence-corrected chi connectivity index (χ1v) is 8.51. The molecular weight excluding hydrogens is 302 g/mol. The number of rotatable bonds is 6. The summed E-state index contributed by atoms with van der Waals surface area (Å²) in [4.78, 5) is 34.4. The van der Waals surface area contributed by atoms with Crippen LogP contribution >= 0.6 is 0 Å². The van der Waals surface area contributed by atoms with E-state index < -0.39 is 0 Å². The van der Waals surface area contributed by atoms with Gasteiger partial charge in [-0.2, -0.15) is 0 Å². The van der Waals surface area contributed by atoms with Crippen molar-refractivity contribution in [2.75, 3.05) is 0 Å². The van der Waals surface area contributed by atoms with Gasteiger partial charge in [0.1, 0.15) is 18.4 Å². The molecule has 0 radical (unpaired) electrons. The van der Waals surface area contributed by atoms with Gasteiger partial charge in [-0.3, -0.25) is 0 Å². The number of ketones is 1. The molecule has 126 valence electrons. The third-order valence-corrected chi connectivity index (χ3v) is 5.43. The average molecular weight is 325 g/mol. The van der Waals surface area contributed by atoms with Crippen LogP contribution in [0.3, 0.4) is 0 Å². The molecule has 4 atom stereocenters. The van der Waals surface area contributed by atoms with Crippen molar-refractivity contribution in [3.05, 3.63) is 35.5 Å². The third kappa shape index (κ3) is 2.50. The molecule has 0 spiro atoms. The topological polar surface area (TPSA) is 56.1 Å². The molecule has 1 aromatic carbocycles. The Labute approximate surface area is 141 Å². The Morgan fingerprint density at radius 3 is 2.67 bits per heavy atom. The Kier molecular flexibility index (Phi) is 4.39. The maximum atomic E-state index is 11.8. The highest BCUT2D eigenvalue weighted by Gasteiger charge is 2.37. The van der Waals surface area contributed by atoms with Crippen LogP contribution in [0.4, 0.5) is 0 Å². The highest BCUT2D eigenvalue weighted by molar-refractivity contribution is 5.92. The van der Waals surface area contributed by atoms with Crippen LogP contribution in [0.25, 0.3) is 10.9 Å². The Balaban J connectivity index is 2.24. The average Bonchev–Trinajstić information content (AvgIpc) is 2.93. The minimum absolute atomic E-state index is 0.0638. The molecule has 24 heavy (non-hydrogen) atoms. The first kappa shape index (κ1) is 16.6. The molecule has 1 aromatic heterocycles. The van der Waals surface area contributed by atoms with Gasteiger partial charge in [0.05, 0.1) is 0 Å². The van der Waals surface area contributed by atoms with Crippen LogP contribution < -0.4 is 0 Å². The van der Waals surface area contributed by atoms with Crippen LogP contribution in [0.5, 0.6) is 0 Å². The van der Waals surface area contributed by atoms with Crippen molar-refractivity contribution in [3.8, 4) is 0 Å². The van der Waals surface area contributed by atoms with Gasteiger partial charge in [0, 0.05) is 47.8 Å². The van der Waals surface area contributed by atoms with E-state index in [0.29, 0.717) is 12.8 Å². The molecular formula is C20H23NO3. The lowest BCUT2D eigenvalue weighted by molar-refractivity contribution is -0.118. The Morgan fingerprint density at radius 2 is 2.04 bits per heavy atom. The highest BCUT2D eigenvalue weighted by atomic mass is 16.1. The maximum absolute atomic E-state index is 11.8. The number of carbonyl (C=O) groups is 3. The molecule has 0 fully saturated rings. The normalized spacial score (nSPS) is 23.9. The molecule has 4 heteroatoms. The predicted octanol–water partition coefficient (Wildman–Crippen LogP) is 3.79. The number of nitrogens with zero attached hydrogens (tertiary/aromatic N) is 1.